The van der Waals surface area contributed by atoms with E-state index in [1.807, 2.05) is 255 Å². The van der Waals surface area contributed by atoms with E-state index in [2.05, 4.69) is 57.2 Å². The molecule has 0 unspecified atom stereocenters. The maximum Gasteiger partial charge on any atom is 0.583 e. The molecule has 0 bridgehead atoms. The molecule has 0 saturated carbocycles. The molecule has 0 aliphatic rings. The van der Waals surface area contributed by atoms with Crippen LogP contribution in [0.1, 0.15) is 16.7 Å². The van der Waals surface area contributed by atoms with Crippen molar-refractivity contribution in [1.29, 1.82) is 0 Å². The van der Waals surface area contributed by atoms with Gasteiger partial charge in [-0.05, 0) is 139 Å². The molecule has 0 spiro atoms. The first-order valence-corrected chi connectivity index (χ1v) is 29.0. The van der Waals surface area contributed by atoms with Crippen molar-refractivity contribution in [3.8, 4) is 117 Å². The van der Waals surface area contributed by atoms with E-state index in [0.717, 1.165) is 100 Å². The molecule has 0 heterocycles. The molecule has 0 aromatic heterocycles. The first kappa shape index (κ1) is 53.8. The lowest BCUT2D eigenvalue weighted by Gasteiger charge is -2.24. The molecule has 0 saturated heterocycles. The van der Waals surface area contributed by atoms with E-state index in [1.165, 1.54) is 0 Å². The highest BCUT2D eigenvalue weighted by atomic mass is 31.2. The Morgan fingerprint density at radius 1 is 0.229 bits per heavy atom. The van der Waals surface area contributed by atoms with E-state index < -0.39 is 7.82 Å². The summed E-state index contributed by atoms with van der Waals surface area (Å²) in [6.45, 7) is 6.29. The van der Waals surface area contributed by atoms with Gasteiger partial charge in [0.15, 0.2) is 17.2 Å². The Hall–Kier alpha value is -9.85. The first-order valence-electron chi connectivity index (χ1n) is 27.5. The van der Waals surface area contributed by atoms with Gasteiger partial charge in [-0.2, -0.15) is 0 Å². The van der Waals surface area contributed by atoms with Crippen molar-refractivity contribution >= 4 is 7.82 Å². The number of hydrogen-bond acceptors (Lipinski definition) is 7. The number of rotatable bonds is 18. The topological polar surface area (TPSA) is 72.5 Å². The van der Waals surface area contributed by atoms with Gasteiger partial charge in [-0.15, -0.1) is 0 Å². The van der Waals surface area contributed by atoms with Gasteiger partial charge in [0.25, 0.3) is 0 Å². The van der Waals surface area contributed by atoms with E-state index in [4.69, 9.17) is 28.7 Å². The third kappa shape index (κ3) is 11.4. The van der Waals surface area contributed by atoms with Gasteiger partial charge >= 0.3 is 7.82 Å². The van der Waals surface area contributed by atoms with Gasteiger partial charge in [-0.25, -0.2) is 4.57 Å². The summed E-state index contributed by atoms with van der Waals surface area (Å²) in [7, 11) is -5.27. The Morgan fingerprint density at radius 3 is 0.590 bits per heavy atom. The predicted octanol–water partition coefficient (Wildman–Crippen LogP) is 21.1. The second-order valence-electron chi connectivity index (χ2n) is 20.1. The van der Waals surface area contributed by atoms with E-state index in [9.17, 15) is 0 Å². The second-order valence-corrected chi connectivity index (χ2v) is 21.4. The largest absolute Gasteiger partial charge is 0.583 e. The van der Waals surface area contributed by atoms with Gasteiger partial charge in [0.1, 0.15) is 0 Å². The highest BCUT2D eigenvalue weighted by molar-refractivity contribution is 7.48. The van der Waals surface area contributed by atoms with Crippen molar-refractivity contribution in [2.45, 2.75) is 20.8 Å². The van der Waals surface area contributed by atoms with Crippen molar-refractivity contribution in [2.24, 2.45) is 0 Å². The van der Waals surface area contributed by atoms with Gasteiger partial charge in [-0.3, -0.25) is 0 Å². The van der Waals surface area contributed by atoms with Crippen molar-refractivity contribution in [1.82, 2.24) is 0 Å². The second kappa shape index (κ2) is 24.5. The lowest BCUT2D eigenvalue weighted by Crippen LogP contribution is -2.10. The zero-order valence-corrected chi connectivity index (χ0v) is 46.9. The third-order valence-corrected chi connectivity index (χ3v) is 15.7. The molecule has 12 aromatic rings. The van der Waals surface area contributed by atoms with Crippen molar-refractivity contribution in [3.05, 3.63) is 308 Å². The van der Waals surface area contributed by atoms with Crippen LogP contribution in [0, 0.1) is 20.8 Å². The van der Waals surface area contributed by atoms with Crippen LogP contribution in [-0.2, 0) is 18.6 Å². The lowest BCUT2D eigenvalue weighted by molar-refractivity contribution is -0.237. The molecular formula is C75H57O7P. The summed E-state index contributed by atoms with van der Waals surface area (Å²) in [6.07, 6.45) is 0. The molecule has 7 nitrogen and oxygen atoms in total. The minimum atomic E-state index is -5.27. The molecule has 8 heteroatoms. The number of benzene rings is 12. The first-order chi connectivity index (χ1) is 40.8. The minimum Gasteiger partial charge on any atom is -0.326 e. The van der Waals surface area contributed by atoms with Crippen LogP contribution in [0.15, 0.2) is 291 Å². The Bertz CT molecular complexity index is 3770. The third-order valence-electron chi connectivity index (χ3n) is 14.9. The van der Waals surface area contributed by atoms with E-state index in [0.29, 0.717) is 16.7 Å². The van der Waals surface area contributed by atoms with Crippen LogP contribution >= 0.6 is 7.82 Å². The average Bonchev–Trinajstić information content (AvgIpc) is 3.68. The van der Waals surface area contributed by atoms with Crippen molar-refractivity contribution in [2.75, 3.05) is 0 Å². The molecule has 0 amide bonds. The Morgan fingerprint density at radius 2 is 0.398 bits per heavy atom. The minimum absolute atomic E-state index is 0.225. The van der Waals surface area contributed by atoms with Crippen molar-refractivity contribution in [3.63, 3.8) is 0 Å². The molecule has 0 atom stereocenters. The number of hydrogen-bond donors (Lipinski definition) is 0. The molecule has 404 valence electrons. The van der Waals surface area contributed by atoms with Gasteiger partial charge < -0.3 is 14.7 Å². The quantitative estimate of drug-likeness (QED) is 0.0481. The highest BCUT2D eigenvalue weighted by Crippen LogP contribution is 2.56. The molecule has 0 aliphatic carbocycles. The Labute approximate surface area is 484 Å². The van der Waals surface area contributed by atoms with Crippen LogP contribution in [0.3, 0.4) is 0 Å². The van der Waals surface area contributed by atoms with Gasteiger partial charge in [0.2, 0.25) is 0 Å². The molecular weight excluding hydrogens is 1040 g/mol. The molecule has 0 N–H and O–H groups in total. The summed E-state index contributed by atoms with van der Waals surface area (Å²) in [5.41, 5.74) is 18.3. The molecule has 0 fully saturated rings. The standard InChI is InChI=1S/C75H57O7P/c1-52-64(55-31-13-4-14-32-55)49-67(73(61-43-25-10-26-44-61)70(52)58-37-19-7-20-38-58)77-80-83(76,81-78-68-50-65(56-33-15-5-16-34-56)53(2)71(59-39-21-8-22-40-59)74(68)62-45-27-11-28-46-62)82-79-69-51-66(57-35-17-6-18-36-57)54(3)72(60-41-23-9-24-42-60)75(69)63-47-29-12-30-48-63/h4-51H,1-3H3. The fourth-order valence-corrected chi connectivity index (χ4v) is 11.7. The van der Waals surface area contributed by atoms with Crippen LogP contribution in [0.4, 0.5) is 0 Å². The highest BCUT2D eigenvalue weighted by Gasteiger charge is 2.38. The normalized spacial score (nSPS) is 11.3. The molecule has 12 rings (SSSR count). The van der Waals surface area contributed by atoms with Gasteiger partial charge in [-0.1, -0.05) is 287 Å². The van der Waals surface area contributed by atoms with E-state index in [-0.39, 0.29) is 17.2 Å². The summed E-state index contributed by atoms with van der Waals surface area (Å²) in [5.74, 6) is 0.675. The molecule has 0 aliphatic heterocycles. The monoisotopic (exact) mass is 1100 g/mol. The summed E-state index contributed by atoms with van der Waals surface area (Å²) < 4.78 is 35.3. The fraction of sp³-hybridized carbons (Fsp3) is 0.0400. The van der Waals surface area contributed by atoms with Crippen LogP contribution < -0.4 is 14.7 Å². The zero-order valence-electron chi connectivity index (χ0n) is 46.0. The maximum atomic E-state index is 16.4. The molecule has 0 radical (unpaired) electrons. The Balaban J connectivity index is 1.06. The SMILES string of the molecule is Cc1c(-c2ccccc2)cc(OOP(=O)(OOc2cc(-c3ccccc3)c(C)c(-c3ccccc3)c2-c2ccccc2)OOc2cc(-c3ccccc3)c(C)c(-c3ccccc3)c2-c2ccccc2)c(-c2ccccc2)c1-c1ccccc1. The summed E-state index contributed by atoms with van der Waals surface area (Å²) in [5, 5.41) is 0. The number of phosphoric acid groups is 1. The summed E-state index contributed by atoms with van der Waals surface area (Å²) in [6, 6.07) is 95.8. The van der Waals surface area contributed by atoms with E-state index >= 15 is 4.57 Å². The van der Waals surface area contributed by atoms with Crippen LogP contribution in [0.2, 0.25) is 0 Å². The maximum absolute atomic E-state index is 16.4. The van der Waals surface area contributed by atoms with Crippen LogP contribution in [0.5, 0.6) is 17.2 Å². The van der Waals surface area contributed by atoms with Gasteiger partial charge in [0, 0.05) is 16.7 Å². The Kier molecular flexibility index (Phi) is 15.9. The smallest absolute Gasteiger partial charge is 0.326 e. The van der Waals surface area contributed by atoms with Crippen molar-refractivity contribution < 1.29 is 33.3 Å². The average molecular weight is 1100 g/mol. The molecule has 12 aromatic carbocycles. The lowest BCUT2D eigenvalue weighted by atomic mass is 9.85. The predicted molar refractivity (Wildman–Crippen MR) is 335 cm³/mol. The van der Waals surface area contributed by atoms with Gasteiger partial charge in [0.05, 0.1) is 0 Å². The van der Waals surface area contributed by atoms with E-state index in [1.54, 1.807) is 0 Å². The zero-order chi connectivity index (χ0) is 56.5. The van der Waals surface area contributed by atoms with Crippen LogP contribution in [-0.4, -0.2) is 0 Å². The summed E-state index contributed by atoms with van der Waals surface area (Å²) >= 11 is 0. The van der Waals surface area contributed by atoms with Crippen LogP contribution in [0.25, 0.3) is 100 Å². The molecule has 83 heavy (non-hydrogen) atoms. The summed E-state index contributed by atoms with van der Waals surface area (Å²) in [4.78, 5) is 19.7. The fourth-order valence-electron chi connectivity index (χ4n) is 11.1.